The van der Waals surface area contributed by atoms with Gasteiger partial charge >= 0.3 is 0 Å². The van der Waals surface area contributed by atoms with Crippen LogP contribution in [0.2, 0.25) is 0 Å². The van der Waals surface area contributed by atoms with E-state index in [1.54, 1.807) is 7.11 Å². The zero-order valence-corrected chi connectivity index (χ0v) is 12.7. The van der Waals surface area contributed by atoms with Gasteiger partial charge in [-0.3, -0.25) is 9.59 Å². The van der Waals surface area contributed by atoms with Gasteiger partial charge in [-0.1, -0.05) is 6.07 Å². The van der Waals surface area contributed by atoms with Crippen molar-refractivity contribution >= 4 is 17.5 Å². The lowest BCUT2D eigenvalue weighted by molar-refractivity contribution is -0.134. The molecule has 0 bridgehead atoms. The standard InChI is InChI=1S/C16H21N3O3/c1-22-13-4-2-3-12(11-13)18-7-9-19(10-8-18)16(21)14-5-6-15(20)17-14/h2-4,11,14H,5-10H2,1H3,(H,17,20). The Morgan fingerprint density at radius 2 is 2.05 bits per heavy atom. The molecule has 6 nitrogen and oxygen atoms in total. The number of carbonyl (C=O) groups excluding carboxylic acids is 2. The summed E-state index contributed by atoms with van der Waals surface area (Å²) in [5, 5.41) is 2.75. The van der Waals surface area contributed by atoms with Crippen molar-refractivity contribution in [1.82, 2.24) is 10.2 Å². The Labute approximate surface area is 130 Å². The number of carbonyl (C=O) groups is 2. The average molecular weight is 303 g/mol. The molecule has 1 atom stereocenters. The van der Waals surface area contributed by atoms with Crippen LogP contribution in [0.1, 0.15) is 12.8 Å². The zero-order chi connectivity index (χ0) is 15.5. The molecule has 0 aliphatic carbocycles. The third kappa shape index (κ3) is 3.00. The van der Waals surface area contributed by atoms with Crippen LogP contribution in [0.4, 0.5) is 5.69 Å². The van der Waals surface area contributed by atoms with E-state index in [-0.39, 0.29) is 17.9 Å². The van der Waals surface area contributed by atoms with Crippen LogP contribution < -0.4 is 15.0 Å². The van der Waals surface area contributed by atoms with Gasteiger partial charge in [-0.2, -0.15) is 0 Å². The fourth-order valence-corrected chi connectivity index (χ4v) is 3.01. The lowest BCUT2D eigenvalue weighted by Gasteiger charge is -2.37. The Morgan fingerprint density at radius 1 is 1.27 bits per heavy atom. The third-order valence-electron chi connectivity index (χ3n) is 4.30. The van der Waals surface area contributed by atoms with Crippen LogP contribution in [0.3, 0.4) is 0 Å². The first kappa shape index (κ1) is 14.7. The molecule has 2 saturated heterocycles. The Bertz CT molecular complexity index is 568. The molecule has 3 rings (SSSR count). The van der Waals surface area contributed by atoms with Gasteiger partial charge in [-0.15, -0.1) is 0 Å². The van der Waals surface area contributed by atoms with Crippen molar-refractivity contribution in [3.8, 4) is 5.75 Å². The molecule has 118 valence electrons. The third-order valence-corrected chi connectivity index (χ3v) is 4.30. The van der Waals surface area contributed by atoms with Crippen molar-refractivity contribution in [3.63, 3.8) is 0 Å². The number of benzene rings is 1. The highest BCUT2D eigenvalue weighted by Gasteiger charge is 2.32. The van der Waals surface area contributed by atoms with Crippen LogP contribution >= 0.6 is 0 Å². The van der Waals surface area contributed by atoms with E-state index in [1.807, 2.05) is 23.1 Å². The van der Waals surface area contributed by atoms with E-state index in [0.717, 1.165) is 24.5 Å². The minimum atomic E-state index is -0.323. The number of piperazine rings is 1. The SMILES string of the molecule is COc1cccc(N2CCN(C(=O)C3CCC(=O)N3)CC2)c1. The van der Waals surface area contributed by atoms with E-state index in [2.05, 4.69) is 16.3 Å². The van der Waals surface area contributed by atoms with Gasteiger partial charge in [0.1, 0.15) is 11.8 Å². The molecule has 22 heavy (non-hydrogen) atoms. The summed E-state index contributed by atoms with van der Waals surface area (Å²) < 4.78 is 5.25. The van der Waals surface area contributed by atoms with Crippen molar-refractivity contribution in [2.75, 3.05) is 38.2 Å². The number of methoxy groups -OCH3 is 1. The highest BCUT2D eigenvalue weighted by molar-refractivity contribution is 5.90. The van der Waals surface area contributed by atoms with Crippen LogP contribution in [-0.4, -0.2) is 56.0 Å². The summed E-state index contributed by atoms with van der Waals surface area (Å²) in [6.07, 6.45) is 1.08. The van der Waals surface area contributed by atoms with Gasteiger partial charge in [-0.25, -0.2) is 0 Å². The van der Waals surface area contributed by atoms with Crippen molar-refractivity contribution in [2.24, 2.45) is 0 Å². The smallest absolute Gasteiger partial charge is 0.245 e. The van der Waals surface area contributed by atoms with E-state index in [0.29, 0.717) is 25.9 Å². The molecule has 6 heteroatoms. The molecule has 2 heterocycles. The van der Waals surface area contributed by atoms with Gasteiger partial charge < -0.3 is 19.9 Å². The van der Waals surface area contributed by atoms with Crippen molar-refractivity contribution in [2.45, 2.75) is 18.9 Å². The second-order valence-corrected chi connectivity index (χ2v) is 5.67. The predicted octanol–water partition coefficient (Wildman–Crippen LogP) is 0.622. The molecule has 0 aromatic heterocycles. The maximum Gasteiger partial charge on any atom is 0.245 e. The molecule has 1 aromatic rings. The normalized spacial score (nSPS) is 21.7. The monoisotopic (exact) mass is 303 g/mol. The van der Waals surface area contributed by atoms with Gasteiger partial charge in [0.15, 0.2) is 0 Å². The first-order chi connectivity index (χ1) is 10.7. The van der Waals surface area contributed by atoms with Gasteiger partial charge in [0, 0.05) is 44.4 Å². The maximum absolute atomic E-state index is 12.4. The van der Waals surface area contributed by atoms with Gasteiger partial charge in [0.05, 0.1) is 7.11 Å². The minimum absolute atomic E-state index is 0.0200. The Morgan fingerprint density at radius 3 is 2.68 bits per heavy atom. The Balaban J connectivity index is 1.58. The first-order valence-corrected chi connectivity index (χ1v) is 7.64. The van der Waals surface area contributed by atoms with Gasteiger partial charge in [0.2, 0.25) is 11.8 Å². The topological polar surface area (TPSA) is 61.9 Å². The van der Waals surface area contributed by atoms with E-state index in [1.165, 1.54) is 0 Å². The number of ether oxygens (including phenoxy) is 1. The van der Waals surface area contributed by atoms with Crippen LogP contribution in [-0.2, 0) is 9.59 Å². The van der Waals surface area contributed by atoms with Crippen molar-refractivity contribution in [1.29, 1.82) is 0 Å². The molecule has 0 saturated carbocycles. The van der Waals surface area contributed by atoms with Gasteiger partial charge in [0.25, 0.3) is 0 Å². The van der Waals surface area contributed by atoms with E-state index in [4.69, 9.17) is 4.74 Å². The van der Waals surface area contributed by atoms with Crippen LogP contribution in [0.25, 0.3) is 0 Å². The minimum Gasteiger partial charge on any atom is -0.497 e. The summed E-state index contributed by atoms with van der Waals surface area (Å²) in [4.78, 5) is 27.7. The number of hydrogen-bond acceptors (Lipinski definition) is 4. The fourth-order valence-electron chi connectivity index (χ4n) is 3.01. The molecule has 1 aromatic carbocycles. The Kier molecular flexibility index (Phi) is 4.18. The Hall–Kier alpha value is -2.24. The predicted molar refractivity (Wildman–Crippen MR) is 83.0 cm³/mol. The van der Waals surface area contributed by atoms with Crippen molar-refractivity contribution in [3.05, 3.63) is 24.3 Å². The van der Waals surface area contributed by atoms with E-state index < -0.39 is 0 Å². The second-order valence-electron chi connectivity index (χ2n) is 5.67. The number of nitrogens with one attached hydrogen (secondary N) is 1. The summed E-state index contributed by atoms with van der Waals surface area (Å²) in [6, 6.07) is 7.63. The van der Waals surface area contributed by atoms with E-state index in [9.17, 15) is 9.59 Å². The average Bonchev–Trinajstić information content (AvgIpc) is 3.01. The highest BCUT2D eigenvalue weighted by Crippen LogP contribution is 2.22. The first-order valence-electron chi connectivity index (χ1n) is 7.64. The molecule has 2 aliphatic rings. The summed E-state index contributed by atoms with van der Waals surface area (Å²) in [5.74, 6) is 0.870. The summed E-state index contributed by atoms with van der Waals surface area (Å²) in [6.45, 7) is 2.95. The molecule has 1 unspecified atom stereocenters. The zero-order valence-electron chi connectivity index (χ0n) is 12.7. The summed E-state index contributed by atoms with van der Waals surface area (Å²) in [7, 11) is 1.66. The number of hydrogen-bond donors (Lipinski definition) is 1. The quantitative estimate of drug-likeness (QED) is 0.889. The van der Waals surface area contributed by atoms with E-state index >= 15 is 0 Å². The molecule has 2 fully saturated rings. The van der Waals surface area contributed by atoms with Gasteiger partial charge in [-0.05, 0) is 18.6 Å². The van der Waals surface area contributed by atoms with Crippen LogP contribution in [0, 0.1) is 0 Å². The van der Waals surface area contributed by atoms with Crippen LogP contribution in [0.15, 0.2) is 24.3 Å². The molecular formula is C16H21N3O3. The molecule has 2 aliphatic heterocycles. The summed E-state index contributed by atoms with van der Waals surface area (Å²) in [5.41, 5.74) is 1.11. The molecular weight excluding hydrogens is 282 g/mol. The molecule has 0 radical (unpaired) electrons. The molecule has 0 spiro atoms. The summed E-state index contributed by atoms with van der Waals surface area (Å²) >= 11 is 0. The fraction of sp³-hybridized carbons (Fsp3) is 0.500. The number of rotatable bonds is 3. The lowest BCUT2D eigenvalue weighted by Crippen LogP contribution is -2.53. The second kappa shape index (κ2) is 6.25. The number of anilines is 1. The molecule has 2 amide bonds. The number of amides is 2. The highest BCUT2D eigenvalue weighted by atomic mass is 16.5. The lowest BCUT2D eigenvalue weighted by atomic mass is 10.1. The maximum atomic E-state index is 12.4. The van der Waals surface area contributed by atoms with Crippen LogP contribution in [0.5, 0.6) is 5.75 Å². The number of nitrogens with zero attached hydrogens (tertiary/aromatic N) is 2. The molecule has 1 N–H and O–H groups in total. The largest absolute Gasteiger partial charge is 0.497 e. The van der Waals surface area contributed by atoms with Crippen molar-refractivity contribution < 1.29 is 14.3 Å².